The van der Waals surface area contributed by atoms with E-state index in [1.54, 1.807) is 11.3 Å². The number of aromatic nitrogens is 1. The summed E-state index contributed by atoms with van der Waals surface area (Å²) in [5.74, 6) is -0.0387. The van der Waals surface area contributed by atoms with Crippen LogP contribution in [0, 0.1) is 5.92 Å². The summed E-state index contributed by atoms with van der Waals surface area (Å²) in [5, 5.41) is 4.19. The molecule has 1 aromatic heterocycles. The number of para-hydroxylation sites is 1. The second kappa shape index (κ2) is 6.62. The van der Waals surface area contributed by atoms with Gasteiger partial charge in [-0.25, -0.2) is 4.98 Å². The SMILES string of the molecule is CC(CN)C(=O)NC1CCN(c2nc3ccccc3s2)CC1. The summed E-state index contributed by atoms with van der Waals surface area (Å²) in [6.45, 7) is 4.13. The Labute approximate surface area is 134 Å². The third-order valence-electron chi connectivity index (χ3n) is 4.20. The van der Waals surface area contributed by atoms with Crippen LogP contribution >= 0.6 is 11.3 Å². The first-order chi connectivity index (χ1) is 10.7. The Balaban J connectivity index is 1.58. The van der Waals surface area contributed by atoms with E-state index in [0.29, 0.717) is 6.54 Å². The van der Waals surface area contributed by atoms with Crippen LogP contribution in [0.15, 0.2) is 24.3 Å². The van der Waals surface area contributed by atoms with Crippen LogP contribution < -0.4 is 16.0 Å². The molecule has 0 radical (unpaired) electrons. The van der Waals surface area contributed by atoms with E-state index in [9.17, 15) is 4.79 Å². The molecule has 1 saturated heterocycles. The van der Waals surface area contributed by atoms with E-state index in [4.69, 9.17) is 10.7 Å². The Kier molecular flexibility index (Phi) is 4.59. The van der Waals surface area contributed by atoms with E-state index in [0.717, 1.165) is 36.6 Å². The fourth-order valence-electron chi connectivity index (χ4n) is 2.66. The molecular weight excluding hydrogens is 296 g/mol. The van der Waals surface area contributed by atoms with E-state index in [2.05, 4.69) is 22.3 Å². The van der Waals surface area contributed by atoms with Gasteiger partial charge in [0.1, 0.15) is 0 Å². The highest BCUT2D eigenvalue weighted by atomic mass is 32.1. The quantitative estimate of drug-likeness (QED) is 0.904. The highest BCUT2D eigenvalue weighted by molar-refractivity contribution is 7.22. The Morgan fingerprint density at radius 2 is 2.18 bits per heavy atom. The lowest BCUT2D eigenvalue weighted by Gasteiger charge is -2.32. The number of nitrogens with two attached hydrogens (primary N) is 1. The van der Waals surface area contributed by atoms with Gasteiger partial charge in [-0.2, -0.15) is 0 Å². The van der Waals surface area contributed by atoms with Gasteiger partial charge >= 0.3 is 0 Å². The number of nitrogens with one attached hydrogen (secondary N) is 1. The molecule has 0 aliphatic carbocycles. The van der Waals surface area contributed by atoms with Gasteiger partial charge in [-0.05, 0) is 25.0 Å². The zero-order chi connectivity index (χ0) is 15.5. The highest BCUT2D eigenvalue weighted by Crippen LogP contribution is 2.30. The van der Waals surface area contributed by atoms with Crippen molar-refractivity contribution in [3.05, 3.63) is 24.3 Å². The van der Waals surface area contributed by atoms with E-state index >= 15 is 0 Å². The molecular formula is C16H22N4OS. The predicted octanol–water partition coefficient (Wildman–Crippen LogP) is 1.98. The standard InChI is InChI=1S/C16H22N4OS/c1-11(10-17)15(21)18-12-6-8-20(9-7-12)16-19-13-4-2-3-5-14(13)22-16/h2-5,11-12H,6-10,17H2,1H3,(H,18,21). The van der Waals surface area contributed by atoms with E-state index in [1.165, 1.54) is 4.70 Å². The molecule has 0 spiro atoms. The lowest BCUT2D eigenvalue weighted by molar-refractivity contribution is -0.125. The minimum atomic E-state index is -0.109. The lowest BCUT2D eigenvalue weighted by atomic mass is 10.0. The number of hydrogen-bond acceptors (Lipinski definition) is 5. The molecule has 5 nitrogen and oxygen atoms in total. The highest BCUT2D eigenvalue weighted by Gasteiger charge is 2.23. The molecule has 22 heavy (non-hydrogen) atoms. The lowest BCUT2D eigenvalue weighted by Crippen LogP contribution is -2.46. The van der Waals surface area contributed by atoms with E-state index < -0.39 is 0 Å². The zero-order valence-corrected chi connectivity index (χ0v) is 13.6. The normalized spacial score (nSPS) is 17.6. The molecule has 0 saturated carbocycles. The van der Waals surface area contributed by atoms with Crippen molar-refractivity contribution >= 4 is 32.6 Å². The maximum Gasteiger partial charge on any atom is 0.224 e. The molecule has 3 N–H and O–H groups in total. The van der Waals surface area contributed by atoms with Crippen LogP contribution in [0.2, 0.25) is 0 Å². The number of fused-ring (bicyclic) bond motifs is 1. The first-order valence-corrected chi connectivity index (χ1v) is 8.60. The number of amides is 1. The molecule has 1 aliphatic heterocycles. The van der Waals surface area contributed by atoms with Gasteiger partial charge in [0.05, 0.1) is 10.2 Å². The molecule has 1 aliphatic rings. The van der Waals surface area contributed by atoms with Crippen molar-refractivity contribution in [3.63, 3.8) is 0 Å². The van der Waals surface area contributed by atoms with Crippen molar-refractivity contribution in [1.82, 2.24) is 10.3 Å². The Morgan fingerprint density at radius 3 is 2.86 bits per heavy atom. The predicted molar refractivity (Wildman–Crippen MR) is 91.2 cm³/mol. The molecule has 3 rings (SSSR count). The number of piperidine rings is 1. The van der Waals surface area contributed by atoms with Gasteiger partial charge in [-0.3, -0.25) is 4.79 Å². The summed E-state index contributed by atoms with van der Waals surface area (Å²) in [5.41, 5.74) is 6.60. The number of thiazole rings is 1. The molecule has 2 heterocycles. The number of nitrogens with zero attached hydrogens (tertiary/aromatic N) is 2. The number of benzene rings is 1. The van der Waals surface area contributed by atoms with Gasteiger partial charge in [0.15, 0.2) is 5.13 Å². The van der Waals surface area contributed by atoms with Crippen molar-refractivity contribution in [1.29, 1.82) is 0 Å². The van der Waals surface area contributed by atoms with Crippen LogP contribution in [0.25, 0.3) is 10.2 Å². The number of anilines is 1. The van der Waals surface area contributed by atoms with Gasteiger partial charge in [0, 0.05) is 31.6 Å². The molecule has 1 fully saturated rings. The molecule has 6 heteroatoms. The average Bonchev–Trinajstić information content (AvgIpc) is 2.98. The van der Waals surface area contributed by atoms with Gasteiger partial charge in [0.2, 0.25) is 5.91 Å². The maximum atomic E-state index is 11.9. The van der Waals surface area contributed by atoms with Crippen molar-refractivity contribution in [2.45, 2.75) is 25.8 Å². The van der Waals surface area contributed by atoms with Gasteiger partial charge in [-0.1, -0.05) is 30.4 Å². The first kappa shape index (κ1) is 15.2. The second-order valence-electron chi connectivity index (χ2n) is 5.87. The molecule has 0 bridgehead atoms. The summed E-state index contributed by atoms with van der Waals surface area (Å²) in [7, 11) is 0. The van der Waals surface area contributed by atoms with Gasteiger partial charge in [-0.15, -0.1) is 0 Å². The second-order valence-corrected chi connectivity index (χ2v) is 6.88. The zero-order valence-electron chi connectivity index (χ0n) is 12.8. The Bertz CT molecular complexity index is 615. The number of carbonyl (C=O) groups excluding carboxylic acids is 1. The largest absolute Gasteiger partial charge is 0.353 e. The Hall–Kier alpha value is -1.66. The summed E-state index contributed by atoms with van der Waals surface area (Å²) < 4.78 is 1.23. The molecule has 1 amide bonds. The van der Waals surface area contributed by atoms with Gasteiger partial charge < -0.3 is 16.0 Å². The number of hydrogen-bond donors (Lipinski definition) is 2. The molecule has 1 unspecified atom stereocenters. The van der Waals surface area contributed by atoms with Crippen LogP contribution in [-0.4, -0.2) is 36.6 Å². The van der Waals surface area contributed by atoms with Crippen LogP contribution in [0.4, 0.5) is 5.13 Å². The van der Waals surface area contributed by atoms with Crippen molar-refractivity contribution in [2.24, 2.45) is 11.7 Å². The summed E-state index contributed by atoms with van der Waals surface area (Å²) in [6, 6.07) is 8.48. The van der Waals surface area contributed by atoms with Crippen LogP contribution in [0.5, 0.6) is 0 Å². The minimum absolute atomic E-state index is 0.0703. The van der Waals surface area contributed by atoms with E-state index in [1.807, 2.05) is 19.1 Å². The smallest absolute Gasteiger partial charge is 0.224 e. The first-order valence-electron chi connectivity index (χ1n) is 7.78. The third-order valence-corrected chi connectivity index (χ3v) is 5.29. The summed E-state index contributed by atoms with van der Waals surface area (Å²) >= 11 is 1.74. The third kappa shape index (κ3) is 3.23. The number of carbonyl (C=O) groups is 1. The fraction of sp³-hybridized carbons (Fsp3) is 0.500. The van der Waals surface area contributed by atoms with Crippen LogP contribution in [0.1, 0.15) is 19.8 Å². The maximum absolute atomic E-state index is 11.9. The minimum Gasteiger partial charge on any atom is -0.353 e. The topological polar surface area (TPSA) is 71.2 Å². The monoisotopic (exact) mass is 318 g/mol. The summed E-state index contributed by atoms with van der Waals surface area (Å²) in [6.07, 6.45) is 1.91. The molecule has 2 aromatic rings. The fourth-order valence-corrected chi connectivity index (χ4v) is 3.68. The van der Waals surface area contributed by atoms with E-state index in [-0.39, 0.29) is 17.9 Å². The van der Waals surface area contributed by atoms with Crippen molar-refractivity contribution < 1.29 is 4.79 Å². The van der Waals surface area contributed by atoms with Crippen LogP contribution in [0.3, 0.4) is 0 Å². The van der Waals surface area contributed by atoms with Gasteiger partial charge in [0.25, 0.3) is 0 Å². The Morgan fingerprint density at radius 1 is 1.45 bits per heavy atom. The molecule has 118 valence electrons. The molecule has 1 atom stereocenters. The average molecular weight is 318 g/mol. The summed E-state index contributed by atoms with van der Waals surface area (Å²) in [4.78, 5) is 18.9. The van der Waals surface area contributed by atoms with Crippen molar-refractivity contribution in [3.8, 4) is 0 Å². The van der Waals surface area contributed by atoms with Crippen molar-refractivity contribution in [2.75, 3.05) is 24.5 Å². The molecule has 1 aromatic carbocycles. The number of rotatable bonds is 4. The van der Waals surface area contributed by atoms with Crippen LogP contribution in [-0.2, 0) is 4.79 Å².